The zero-order valence-electron chi connectivity index (χ0n) is 11.7. The van der Waals surface area contributed by atoms with Gasteiger partial charge in [0.1, 0.15) is 0 Å². The van der Waals surface area contributed by atoms with Gasteiger partial charge < -0.3 is 5.32 Å². The van der Waals surface area contributed by atoms with Crippen molar-refractivity contribution in [2.45, 2.75) is 44.5 Å². The summed E-state index contributed by atoms with van der Waals surface area (Å²) in [6.07, 6.45) is 3.57. The summed E-state index contributed by atoms with van der Waals surface area (Å²) in [5.41, 5.74) is 1.95. The minimum Gasteiger partial charge on any atom is -0.349 e. The molecular formula is C16H22BrNO. The smallest absolute Gasteiger partial charge is 0.251 e. The molecule has 0 spiro atoms. The molecule has 0 radical (unpaired) electrons. The van der Waals surface area contributed by atoms with Gasteiger partial charge >= 0.3 is 0 Å². The quantitative estimate of drug-likeness (QED) is 0.829. The summed E-state index contributed by atoms with van der Waals surface area (Å²) in [6.45, 7) is 4.50. The highest BCUT2D eigenvalue weighted by molar-refractivity contribution is 9.08. The van der Waals surface area contributed by atoms with Crippen molar-refractivity contribution in [2.24, 2.45) is 11.8 Å². The van der Waals surface area contributed by atoms with E-state index in [4.69, 9.17) is 0 Å². The SMILES string of the molecule is CCC1CCC(NC(=O)c2ccc(CBr)cc2)C1C. The Morgan fingerprint density at radius 3 is 2.53 bits per heavy atom. The molecule has 1 saturated carbocycles. The third-order valence-electron chi connectivity index (χ3n) is 4.44. The van der Waals surface area contributed by atoms with E-state index >= 15 is 0 Å². The Bertz CT molecular complexity index is 429. The first-order valence-corrected chi connectivity index (χ1v) is 8.23. The second-order valence-electron chi connectivity index (χ2n) is 5.52. The van der Waals surface area contributed by atoms with Crippen LogP contribution in [0.1, 0.15) is 49.0 Å². The molecular weight excluding hydrogens is 302 g/mol. The monoisotopic (exact) mass is 323 g/mol. The number of hydrogen-bond donors (Lipinski definition) is 1. The van der Waals surface area contributed by atoms with Crippen molar-refractivity contribution >= 4 is 21.8 Å². The molecule has 3 heteroatoms. The largest absolute Gasteiger partial charge is 0.349 e. The topological polar surface area (TPSA) is 29.1 Å². The van der Waals surface area contributed by atoms with Crippen LogP contribution in [0.4, 0.5) is 0 Å². The van der Waals surface area contributed by atoms with Crippen molar-refractivity contribution in [2.75, 3.05) is 0 Å². The molecule has 0 heterocycles. The number of rotatable bonds is 4. The maximum absolute atomic E-state index is 12.2. The molecule has 1 aromatic rings. The highest BCUT2D eigenvalue weighted by atomic mass is 79.9. The van der Waals surface area contributed by atoms with E-state index in [0.29, 0.717) is 12.0 Å². The summed E-state index contributed by atoms with van der Waals surface area (Å²) >= 11 is 3.41. The van der Waals surface area contributed by atoms with Gasteiger partial charge in [0.15, 0.2) is 0 Å². The Kier molecular flexibility index (Phi) is 5.03. The van der Waals surface area contributed by atoms with Gasteiger partial charge in [-0.25, -0.2) is 0 Å². The predicted molar refractivity (Wildman–Crippen MR) is 82.5 cm³/mol. The van der Waals surface area contributed by atoms with Gasteiger partial charge in [-0.2, -0.15) is 0 Å². The van der Waals surface area contributed by atoms with E-state index in [1.54, 1.807) is 0 Å². The van der Waals surface area contributed by atoms with Crippen molar-refractivity contribution in [1.29, 1.82) is 0 Å². The lowest BCUT2D eigenvalue weighted by Crippen LogP contribution is -2.37. The van der Waals surface area contributed by atoms with Gasteiger partial charge in [-0.1, -0.05) is 48.3 Å². The van der Waals surface area contributed by atoms with Crippen molar-refractivity contribution in [3.8, 4) is 0 Å². The van der Waals surface area contributed by atoms with E-state index in [-0.39, 0.29) is 5.91 Å². The number of carbonyl (C=O) groups excluding carboxylic acids is 1. The summed E-state index contributed by atoms with van der Waals surface area (Å²) in [5, 5.41) is 4.02. The van der Waals surface area contributed by atoms with Crippen LogP contribution in [0.25, 0.3) is 0 Å². The number of benzene rings is 1. The zero-order valence-corrected chi connectivity index (χ0v) is 13.2. The Labute approximate surface area is 124 Å². The van der Waals surface area contributed by atoms with Gasteiger partial charge in [0.2, 0.25) is 0 Å². The fourth-order valence-electron chi connectivity index (χ4n) is 3.02. The van der Waals surface area contributed by atoms with E-state index in [1.807, 2.05) is 24.3 Å². The first-order valence-electron chi connectivity index (χ1n) is 7.11. The Morgan fingerprint density at radius 2 is 2.00 bits per heavy atom. The number of nitrogens with one attached hydrogen (secondary N) is 1. The average molecular weight is 324 g/mol. The highest BCUT2D eigenvalue weighted by Crippen LogP contribution is 2.33. The Hall–Kier alpha value is -0.830. The molecule has 1 aromatic carbocycles. The number of amides is 1. The van der Waals surface area contributed by atoms with Crippen LogP contribution in [0, 0.1) is 11.8 Å². The van der Waals surface area contributed by atoms with Gasteiger partial charge in [0, 0.05) is 16.9 Å². The van der Waals surface area contributed by atoms with Crippen molar-refractivity contribution in [3.63, 3.8) is 0 Å². The van der Waals surface area contributed by atoms with E-state index in [1.165, 1.54) is 18.4 Å². The molecule has 2 nitrogen and oxygen atoms in total. The molecule has 1 amide bonds. The molecule has 19 heavy (non-hydrogen) atoms. The maximum atomic E-state index is 12.2. The molecule has 1 N–H and O–H groups in total. The maximum Gasteiger partial charge on any atom is 0.251 e. The van der Waals surface area contributed by atoms with Crippen LogP contribution in [0.5, 0.6) is 0 Å². The van der Waals surface area contributed by atoms with Crippen LogP contribution >= 0.6 is 15.9 Å². The van der Waals surface area contributed by atoms with Crippen molar-refractivity contribution < 1.29 is 4.79 Å². The van der Waals surface area contributed by atoms with Crippen molar-refractivity contribution in [1.82, 2.24) is 5.32 Å². The van der Waals surface area contributed by atoms with E-state index in [9.17, 15) is 4.79 Å². The molecule has 3 atom stereocenters. The molecule has 104 valence electrons. The second kappa shape index (κ2) is 6.56. The number of hydrogen-bond acceptors (Lipinski definition) is 1. The lowest BCUT2D eigenvalue weighted by atomic mass is 9.93. The number of carbonyl (C=O) groups is 1. The Morgan fingerprint density at radius 1 is 1.32 bits per heavy atom. The molecule has 2 rings (SSSR count). The highest BCUT2D eigenvalue weighted by Gasteiger charge is 2.32. The summed E-state index contributed by atoms with van der Waals surface area (Å²) in [4.78, 5) is 12.2. The number of halogens is 1. The molecule has 1 aliphatic carbocycles. The van der Waals surface area contributed by atoms with Gasteiger partial charge in [-0.15, -0.1) is 0 Å². The summed E-state index contributed by atoms with van der Waals surface area (Å²) in [5.74, 6) is 1.42. The first kappa shape index (κ1) is 14.6. The van der Waals surface area contributed by atoms with Crippen molar-refractivity contribution in [3.05, 3.63) is 35.4 Å². The molecule has 0 aromatic heterocycles. The van der Waals surface area contributed by atoms with Crippen LogP contribution in [-0.4, -0.2) is 11.9 Å². The van der Waals surface area contributed by atoms with Gasteiger partial charge in [0.25, 0.3) is 5.91 Å². The van der Waals surface area contributed by atoms with Gasteiger partial charge in [0.05, 0.1) is 0 Å². The van der Waals surface area contributed by atoms with Crippen LogP contribution in [0.2, 0.25) is 0 Å². The fraction of sp³-hybridized carbons (Fsp3) is 0.562. The van der Waals surface area contributed by atoms with Gasteiger partial charge in [-0.05, 0) is 42.4 Å². The molecule has 0 saturated heterocycles. The van der Waals surface area contributed by atoms with E-state index < -0.39 is 0 Å². The van der Waals surface area contributed by atoms with Crippen LogP contribution in [0.15, 0.2) is 24.3 Å². The van der Waals surface area contributed by atoms with Crippen LogP contribution in [-0.2, 0) is 5.33 Å². The molecule has 1 aliphatic rings. The lowest BCUT2D eigenvalue weighted by Gasteiger charge is -2.21. The van der Waals surface area contributed by atoms with Crippen LogP contribution < -0.4 is 5.32 Å². The zero-order chi connectivity index (χ0) is 13.8. The summed E-state index contributed by atoms with van der Waals surface area (Å²) < 4.78 is 0. The standard InChI is InChI=1S/C16H22BrNO/c1-3-13-8-9-15(11(13)2)18-16(19)14-6-4-12(10-17)5-7-14/h4-7,11,13,15H,3,8-10H2,1-2H3,(H,18,19). The van der Waals surface area contributed by atoms with E-state index in [2.05, 4.69) is 35.1 Å². The Balaban J connectivity index is 1.97. The minimum atomic E-state index is 0.0646. The summed E-state index contributed by atoms with van der Waals surface area (Å²) in [6, 6.07) is 8.15. The van der Waals surface area contributed by atoms with E-state index in [0.717, 1.165) is 23.2 Å². The fourth-order valence-corrected chi connectivity index (χ4v) is 3.40. The normalized spacial score (nSPS) is 26.4. The lowest BCUT2D eigenvalue weighted by molar-refractivity contribution is 0.0926. The third-order valence-corrected chi connectivity index (χ3v) is 5.09. The number of alkyl halides is 1. The van der Waals surface area contributed by atoms with Crippen LogP contribution in [0.3, 0.4) is 0 Å². The van der Waals surface area contributed by atoms with Gasteiger partial charge in [-0.3, -0.25) is 4.79 Å². The molecule has 0 aliphatic heterocycles. The minimum absolute atomic E-state index is 0.0646. The average Bonchev–Trinajstić information content (AvgIpc) is 2.79. The summed E-state index contributed by atoms with van der Waals surface area (Å²) in [7, 11) is 0. The predicted octanol–water partition coefficient (Wildman–Crippen LogP) is 4.14. The molecule has 0 bridgehead atoms. The first-order chi connectivity index (χ1) is 9.15. The second-order valence-corrected chi connectivity index (χ2v) is 6.08. The third kappa shape index (κ3) is 3.38. The molecule has 3 unspecified atom stereocenters. The molecule has 1 fully saturated rings.